The van der Waals surface area contributed by atoms with Gasteiger partial charge in [0.05, 0.1) is 0 Å². The Morgan fingerprint density at radius 2 is 1.46 bits per heavy atom. The van der Waals surface area contributed by atoms with Gasteiger partial charge in [-0.2, -0.15) is 0 Å². The molecule has 0 unspecified atom stereocenters. The van der Waals surface area contributed by atoms with Crippen molar-refractivity contribution in [3.05, 3.63) is 57.6 Å². The summed E-state index contributed by atoms with van der Waals surface area (Å²) < 4.78 is 0. The summed E-state index contributed by atoms with van der Waals surface area (Å²) in [4.78, 5) is 22.7. The number of carbonyl (C=O) groups is 2. The number of aryl methyl sites for hydroxylation is 2. The Kier molecular flexibility index (Phi) is 5.87. The average Bonchev–Trinajstić information content (AvgIpc) is 2.57. The van der Waals surface area contributed by atoms with Crippen LogP contribution in [0.15, 0.2) is 24.3 Å². The van der Waals surface area contributed by atoms with Gasteiger partial charge in [-0.05, 0) is 54.2 Å². The molecule has 0 amide bonds. The van der Waals surface area contributed by atoms with Crippen LogP contribution in [-0.2, 0) is 12.8 Å². The zero-order valence-corrected chi connectivity index (χ0v) is 14.7. The van der Waals surface area contributed by atoms with Crippen molar-refractivity contribution < 1.29 is 30.0 Å². The van der Waals surface area contributed by atoms with Gasteiger partial charge in [-0.25, -0.2) is 9.59 Å². The number of hydrogen-bond acceptors (Lipinski definition) is 4. The van der Waals surface area contributed by atoms with E-state index in [9.17, 15) is 30.0 Å². The number of phenols is 2. The summed E-state index contributed by atoms with van der Waals surface area (Å²) in [6.07, 6.45) is 2.39. The summed E-state index contributed by atoms with van der Waals surface area (Å²) in [5.74, 6) is -3.03. The zero-order valence-electron chi connectivity index (χ0n) is 14.7. The molecule has 0 aromatic heterocycles. The second-order valence-corrected chi connectivity index (χ2v) is 6.36. The molecule has 26 heavy (non-hydrogen) atoms. The second kappa shape index (κ2) is 7.91. The summed E-state index contributed by atoms with van der Waals surface area (Å²) in [5.41, 5.74) is 1.81. The summed E-state index contributed by atoms with van der Waals surface area (Å²) in [6.45, 7) is 3.72. The van der Waals surface area contributed by atoms with Crippen molar-refractivity contribution in [3.8, 4) is 11.5 Å². The standard InChI is InChI=1S/C20H22O6/c1-3-4-5-13-8-12(10-16(17(13)21)20(25)26)9-14-6-11(2)7-15(18(14)22)19(23)24/h6-8,10,21-22H,3-5,9H2,1-2H3,(H,23,24)(H,25,26). The van der Waals surface area contributed by atoms with Crippen molar-refractivity contribution >= 4 is 11.9 Å². The number of aromatic carboxylic acids is 2. The van der Waals surface area contributed by atoms with E-state index in [0.717, 1.165) is 12.8 Å². The van der Waals surface area contributed by atoms with E-state index in [2.05, 4.69) is 0 Å². The minimum atomic E-state index is -1.23. The molecule has 0 atom stereocenters. The van der Waals surface area contributed by atoms with Crippen LogP contribution in [-0.4, -0.2) is 32.4 Å². The summed E-state index contributed by atoms with van der Waals surface area (Å²) >= 11 is 0. The van der Waals surface area contributed by atoms with Crippen molar-refractivity contribution in [2.45, 2.75) is 39.5 Å². The van der Waals surface area contributed by atoms with Crippen molar-refractivity contribution in [2.75, 3.05) is 0 Å². The highest BCUT2D eigenvalue weighted by Crippen LogP contribution is 2.31. The predicted molar refractivity (Wildman–Crippen MR) is 96.3 cm³/mol. The molecule has 4 N–H and O–H groups in total. The molecule has 0 aliphatic heterocycles. The Hall–Kier alpha value is -3.02. The number of hydrogen-bond donors (Lipinski definition) is 4. The lowest BCUT2D eigenvalue weighted by atomic mass is 9.94. The van der Waals surface area contributed by atoms with E-state index in [4.69, 9.17) is 0 Å². The van der Waals surface area contributed by atoms with Crippen LogP contribution in [0.4, 0.5) is 0 Å². The van der Waals surface area contributed by atoms with Crippen LogP contribution >= 0.6 is 0 Å². The van der Waals surface area contributed by atoms with Crippen LogP contribution in [0.1, 0.15) is 62.7 Å². The third-order valence-corrected chi connectivity index (χ3v) is 4.24. The lowest BCUT2D eigenvalue weighted by molar-refractivity contribution is 0.0682. The highest BCUT2D eigenvalue weighted by molar-refractivity contribution is 5.92. The predicted octanol–water partition coefficient (Wildman–Crippen LogP) is 3.74. The van der Waals surface area contributed by atoms with Gasteiger partial charge in [0.15, 0.2) is 0 Å². The maximum Gasteiger partial charge on any atom is 0.339 e. The molecule has 2 aromatic rings. The number of rotatable bonds is 7. The molecule has 0 heterocycles. The van der Waals surface area contributed by atoms with Gasteiger partial charge in [-0.1, -0.05) is 25.5 Å². The summed E-state index contributed by atoms with van der Waals surface area (Å²) in [5, 5.41) is 39.0. The van der Waals surface area contributed by atoms with E-state index in [0.29, 0.717) is 28.7 Å². The third-order valence-electron chi connectivity index (χ3n) is 4.24. The molecular weight excluding hydrogens is 336 g/mol. The Bertz CT molecular complexity index is 854. The van der Waals surface area contributed by atoms with Crippen molar-refractivity contribution in [2.24, 2.45) is 0 Å². The van der Waals surface area contributed by atoms with Crippen molar-refractivity contribution in [3.63, 3.8) is 0 Å². The first kappa shape index (κ1) is 19.3. The SMILES string of the molecule is CCCCc1cc(Cc2cc(C)cc(C(=O)O)c2O)cc(C(=O)O)c1O. The number of carboxylic acid groups (broad SMARTS) is 2. The van der Waals surface area contributed by atoms with E-state index in [1.807, 2.05) is 6.92 Å². The maximum atomic E-state index is 11.4. The highest BCUT2D eigenvalue weighted by Gasteiger charge is 2.18. The van der Waals surface area contributed by atoms with Gasteiger partial charge >= 0.3 is 11.9 Å². The molecule has 0 saturated heterocycles. The molecule has 0 bridgehead atoms. The first-order valence-corrected chi connectivity index (χ1v) is 8.38. The van der Waals surface area contributed by atoms with Gasteiger partial charge < -0.3 is 20.4 Å². The molecule has 0 aliphatic rings. The fourth-order valence-corrected chi connectivity index (χ4v) is 2.95. The Morgan fingerprint density at radius 1 is 0.885 bits per heavy atom. The Balaban J connectivity index is 2.51. The molecule has 2 aromatic carbocycles. The molecule has 0 radical (unpaired) electrons. The van der Waals surface area contributed by atoms with Crippen LogP contribution < -0.4 is 0 Å². The normalized spacial score (nSPS) is 10.7. The minimum Gasteiger partial charge on any atom is -0.507 e. The topological polar surface area (TPSA) is 115 Å². The number of aromatic hydroxyl groups is 2. The highest BCUT2D eigenvalue weighted by atomic mass is 16.4. The lowest BCUT2D eigenvalue weighted by Crippen LogP contribution is -2.04. The molecule has 0 saturated carbocycles. The summed E-state index contributed by atoms with van der Waals surface area (Å²) in [6, 6.07) is 6.11. The lowest BCUT2D eigenvalue weighted by Gasteiger charge is -2.13. The molecular formula is C20H22O6. The number of unbranched alkanes of at least 4 members (excludes halogenated alkanes) is 1. The van der Waals surface area contributed by atoms with E-state index < -0.39 is 11.9 Å². The molecule has 6 heteroatoms. The van der Waals surface area contributed by atoms with Gasteiger partial charge in [0.1, 0.15) is 22.6 Å². The third kappa shape index (κ3) is 4.14. The van der Waals surface area contributed by atoms with Crippen LogP contribution in [0.25, 0.3) is 0 Å². The molecule has 6 nitrogen and oxygen atoms in total. The largest absolute Gasteiger partial charge is 0.507 e. The van der Waals surface area contributed by atoms with Crippen molar-refractivity contribution in [1.82, 2.24) is 0 Å². The average molecular weight is 358 g/mol. The fourth-order valence-electron chi connectivity index (χ4n) is 2.95. The summed E-state index contributed by atoms with van der Waals surface area (Å²) in [7, 11) is 0. The van der Waals surface area contributed by atoms with E-state index in [1.165, 1.54) is 12.1 Å². The maximum absolute atomic E-state index is 11.4. The van der Waals surface area contributed by atoms with Gasteiger partial charge in [0, 0.05) is 6.42 Å². The number of carboxylic acids is 2. The van der Waals surface area contributed by atoms with Gasteiger partial charge in [-0.15, -0.1) is 0 Å². The zero-order chi connectivity index (χ0) is 19.4. The van der Waals surface area contributed by atoms with E-state index >= 15 is 0 Å². The van der Waals surface area contributed by atoms with Gasteiger partial charge in [-0.3, -0.25) is 0 Å². The first-order valence-electron chi connectivity index (χ1n) is 8.38. The quantitative estimate of drug-likeness (QED) is 0.599. The smallest absolute Gasteiger partial charge is 0.339 e. The van der Waals surface area contributed by atoms with Gasteiger partial charge in [0.2, 0.25) is 0 Å². The second-order valence-electron chi connectivity index (χ2n) is 6.36. The first-order chi connectivity index (χ1) is 12.2. The molecule has 138 valence electrons. The van der Waals surface area contributed by atoms with E-state index in [1.54, 1.807) is 19.1 Å². The monoisotopic (exact) mass is 358 g/mol. The molecule has 2 rings (SSSR count). The number of benzene rings is 2. The Morgan fingerprint density at radius 3 is 2.04 bits per heavy atom. The fraction of sp³-hybridized carbons (Fsp3) is 0.300. The van der Waals surface area contributed by atoms with Crippen LogP contribution in [0.2, 0.25) is 0 Å². The minimum absolute atomic E-state index is 0.160. The van der Waals surface area contributed by atoms with Crippen LogP contribution in [0.5, 0.6) is 11.5 Å². The Labute approximate surface area is 151 Å². The van der Waals surface area contributed by atoms with Crippen molar-refractivity contribution in [1.29, 1.82) is 0 Å². The molecule has 0 fully saturated rings. The van der Waals surface area contributed by atoms with Gasteiger partial charge in [0.25, 0.3) is 0 Å². The molecule has 0 aliphatic carbocycles. The molecule has 0 spiro atoms. The van der Waals surface area contributed by atoms with Crippen LogP contribution in [0.3, 0.4) is 0 Å². The van der Waals surface area contributed by atoms with E-state index in [-0.39, 0.29) is 29.0 Å². The van der Waals surface area contributed by atoms with Crippen LogP contribution in [0, 0.1) is 6.92 Å².